The summed E-state index contributed by atoms with van der Waals surface area (Å²) in [5.41, 5.74) is 2.61. The van der Waals surface area contributed by atoms with Crippen molar-refractivity contribution in [1.29, 1.82) is 0 Å². The number of hydrogen-bond donors (Lipinski definition) is 2. The number of nitrogens with one attached hydrogen (secondary N) is 1. The van der Waals surface area contributed by atoms with Crippen LogP contribution in [0.3, 0.4) is 0 Å². The Bertz CT molecular complexity index is 1010. The van der Waals surface area contributed by atoms with Crippen LogP contribution in [0.25, 0.3) is 0 Å². The maximum Gasteiger partial charge on any atom is 0.336 e. The molecular formula is C22H25F5N2O6. The van der Waals surface area contributed by atoms with Gasteiger partial charge in [-0.15, -0.1) is 0 Å². The van der Waals surface area contributed by atoms with Crippen LogP contribution < -0.4 is 11.1 Å². The van der Waals surface area contributed by atoms with Crippen molar-refractivity contribution in [3.63, 3.8) is 0 Å². The summed E-state index contributed by atoms with van der Waals surface area (Å²) in [6.07, 6.45) is 0. The van der Waals surface area contributed by atoms with Gasteiger partial charge in [0.25, 0.3) is 0 Å². The van der Waals surface area contributed by atoms with E-state index in [0.717, 1.165) is 7.11 Å². The van der Waals surface area contributed by atoms with E-state index in [1.165, 1.54) is 13.8 Å². The molecular weight excluding hydrogens is 483 g/mol. The molecule has 3 N–H and O–H groups in total. The van der Waals surface area contributed by atoms with Gasteiger partial charge in [0, 0.05) is 17.8 Å². The summed E-state index contributed by atoms with van der Waals surface area (Å²) >= 11 is 0. The standard InChI is InChI=1S/C22H25F5N2O6/c1-4-35-22(31)13-11(9-34-8-7-33-6-5-28)29-10(2)12(21(30)32-3)14(13)15-16(23)18(25)20(27)19(26)17(15)24/h14,29H,4-9,28H2,1-3H3. The van der Waals surface area contributed by atoms with Gasteiger partial charge in [0.1, 0.15) is 0 Å². The molecule has 1 aliphatic rings. The van der Waals surface area contributed by atoms with E-state index in [1.54, 1.807) is 0 Å². The second kappa shape index (κ2) is 12.6. The molecule has 1 aliphatic heterocycles. The predicted molar refractivity (Wildman–Crippen MR) is 111 cm³/mol. The fourth-order valence-corrected chi connectivity index (χ4v) is 3.48. The summed E-state index contributed by atoms with van der Waals surface area (Å²) in [6, 6.07) is 0. The molecule has 1 unspecified atom stereocenters. The van der Waals surface area contributed by atoms with Crippen molar-refractivity contribution >= 4 is 11.9 Å². The molecule has 0 saturated carbocycles. The Morgan fingerprint density at radius 3 is 2.00 bits per heavy atom. The molecule has 0 aliphatic carbocycles. The number of halogens is 5. The summed E-state index contributed by atoms with van der Waals surface area (Å²) in [7, 11) is 0.950. The molecule has 35 heavy (non-hydrogen) atoms. The van der Waals surface area contributed by atoms with Crippen LogP contribution in [0.15, 0.2) is 22.5 Å². The van der Waals surface area contributed by atoms with Crippen LogP contribution in [0.2, 0.25) is 0 Å². The van der Waals surface area contributed by atoms with Crippen LogP contribution in [-0.2, 0) is 28.5 Å². The summed E-state index contributed by atoms with van der Waals surface area (Å²) in [6.45, 7) is 2.87. The molecule has 0 spiro atoms. The molecule has 0 saturated heterocycles. The van der Waals surface area contributed by atoms with Gasteiger partial charge in [-0.3, -0.25) is 0 Å². The SMILES string of the molecule is CCOC(=O)C1=C(COCCOCCN)NC(C)=C(C(=O)OC)C1c1c(F)c(F)c(F)c(F)c1F. The number of esters is 2. The normalized spacial score (nSPS) is 15.9. The van der Waals surface area contributed by atoms with Gasteiger partial charge < -0.3 is 30.0 Å². The Hall–Kier alpha value is -3.03. The third-order valence-corrected chi connectivity index (χ3v) is 4.96. The Morgan fingerprint density at radius 1 is 0.886 bits per heavy atom. The molecule has 0 bridgehead atoms. The van der Waals surface area contributed by atoms with Crippen LogP contribution in [0.4, 0.5) is 22.0 Å². The molecule has 0 fully saturated rings. The first-order valence-corrected chi connectivity index (χ1v) is 10.4. The third-order valence-electron chi connectivity index (χ3n) is 4.96. The highest BCUT2D eigenvalue weighted by atomic mass is 19.2. The van der Waals surface area contributed by atoms with Gasteiger partial charge in [-0.25, -0.2) is 31.5 Å². The summed E-state index contributed by atoms with van der Waals surface area (Å²) in [5.74, 6) is -15.7. The fraction of sp³-hybridized carbons (Fsp3) is 0.455. The number of benzene rings is 1. The van der Waals surface area contributed by atoms with Gasteiger partial charge in [0.15, 0.2) is 23.3 Å². The molecule has 1 heterocycles. The van der Waals surface area contributed by atoms with E-state index in [1.807, 2.05) is 0 Å². The van der Waals surface area contributed by atoms with Crippen molar-refractivity contribution < 1.29 is 50.5 Å². The van der Waals surface area contributed by atoms with E-state index in [9.17, 15) is 31.5 Å². The Balaban J connectivity index is 2.71. The van der Waals surface area contributed by atoms with Gasteiger partial charge >= 0.3 is 11.9 Å². The molecule has 0 radical (unpaired) electrons. The molecule has 1 aromatic carbocycles. The first kappa shape index (κ1) is 28.2. The molecule has 2 rings (SSSR count). The number of allylic oxidation sites excluding steroid dienone is 1. The van der Waals surface area contributed by atoms with Gasteiger partial charge in [0.05, 0.1) is 62.9 Å². The Morgan fingerprint density at radius 2 is 1.46 bits per heavy atom. The van der Waals surface area contributed by atoms with Gasteiger partial charge in [0.2, 0.25) is 5.82 Å². The second-order valence-electron chi connectivity index (χ2n) is 7.14. The maximum absolute atomic E-state index is 14.9. The van der Waals surface area contributed by atoms with Gasteiger partial charge in [-0.1, -0.05) is 0 Å². The first-order chi connectivity index (χ1) is 16.6. The lowest BCUT2D eigenvalue weighted by atomic mass is 9.79. The molecule has 194 valence electrons. The lowest BCUT2D eigenvalue weighted by Crippen LogP contribution is -2.36. The zero-order chi connectivity index (χ0) is 26.3. The molecule has 1 aromatic rings. The van der Waals surface area contributed by atoms with Crippen molar-refractivity contribution in [3.05, 3.63) is 57.2 Å². The summed E-state index contributed by atoms with van der Waals surface area (Å²) in [4.78, 5) is 25.4. The number of ether oxygens (including phenoxy) is 4. The van der Waals surface area contributed by atoms with Crippen LogP contribution >= 0.6 is 0 Å². The van der Waals surface area contributed by atoms with Gasteiger partial charge in [-0.05, 0) is 13.8 Å². The van der Waals surface area contributed by atoms with Crippen LogP contribution in [-0.4, -0.2) is 58.6 Å². The Kier molecular flexibility index (Phi) is 10.2. The predicted octanol–water partition coefficient (Wildman–Crippen LogP) is 2.32. The van der Waals surface area contributed by atoms with E-state index < -0.39 is 63.7 Å². The van der Waals surface area contributed by atoms with Crippen molar-refractivity contribution in [2.75, 3.05) is 46.7 Å². The Labute approximate surface area is 197 Å². The lowest BCUT2D eigenvalue weighted by molar-refractivity contribution is -0.139. The lowest BCUT2D eigenvalue weighted by Gasteiger charge is -2.31. The monoisotopic (exact) mass is 508 g/mol. The van der Waals surface area contributed by atoms with Crippen molar-refractivity contribution in [2.24, 2.45) is 5.73 Å². The van der Waals surface area contributed by atoms with Crippen LogP contribution in [0.5, 0.6) is 0 Å². The quantitative estimate of drug-likeness (QED) is 0.154. The molecule has 0 aromatic heterocycles. The van der Waals surface area contributed by atoms with Crippen molar-refractivity contribution in [1.82, 2.24) is 5.32 Å². The highest BCUT2D eigenvalue weighted by Crippen LogP contribution is 2.42. The highest BCUT2D eigenvalue weighted by Gasteiger charge is 2.43. The zero-order valence-electron chi connectivity index (χ0n) is 19.2. The topological polar surface area (TPSA) is 109 Å². The van der Waals surface area contributed by atoms with E-state index >= 15 is 0 Å². The number of hydrogen-bond acceptors (Lipinski definition) is 8. The van der Waals surface area contributed by atoms with Crippen molar-refractivity contribution in [3.8, 4) is 0 Å². The molecule has 0 amide bonds. The highest BCUT2D eigenvalue weighted by molar-refractivity contribution is 6.00. The summed E-state index contributed by atoms with van der Waals surface area (Å²) in [5, 5.41) is 2.72. The minimum absolute atomic E-state index is 0.0150. The first-order valence-electron chi connectivity index (χ1n) is 10.4. The third kappa shape index (κ3) is 5.97. The zero-order valence-corrected chi connectivity index (χ0v) is 19.2. The van der Waals surface area contributed by atoms with E-state index in [-0.39, 0.29) is 51.0 Å². The summed E-state index contributed by atoms with van der Waals surface area (Å²) < 4.78 is 91.9. The number of rotatable bonds is 11. The fourth-order valence-electron chi connectivity index (χ4n) is 3.48. The average molecular weight is 508 g/mol. The second-order valence-corrected chi connectivity index (χ2v) is 7.14. The number of nitrogens with two attached hydrogens (primary N) is 1. The minimum atomic E-state index is -2.39. The minimum Gasteiger partial charge on any atom is -0.466 e. The van der Waals surface area contributed by atoms with E-state index in [0.29, 0.717) is 0 Å². The number of carbonyl (C=O) groups is 2. The van der Waals surface area contributed by atoms with E-state index in [2.05, 4.69) is 10.1 Å². The number of carbonyl (C=O) groups excluding carboxylic acids is 2. The number of dihydropyridines is 1. The molecule has 8 nitrogen and oxygen atoms in total. The van der Waals surface area contributed by atoms with E-state index in [4.69, 9.17) is 19.9 Å². The van der Waals surface area contributed by atoms with Gasteiger partial charge in [-0.2, -0.15) is 0 Å². The molecule has 13 heteroatoms. The van der Waals surface area contributed by atoms with Crippen LogP contribution in [0.1, 0.15) is 25.3 Å². The smallest absolute Gasteiger partial charge is 0.336 e. The number of methoxy groups -OCH3 is 1. The largest absolute Gasteiger partial charge is 0.466 e. The van der Waals surface area contributed by atoms with Crippen molar-refractivity contribution in [2.45, 2.75) is 19.8 Å². The van der Waals surface area contributed by atoms with Crippen LogP contribution in [0, 0.1) is 29.1 Å². The maximum atomic E-state index is 14.9. The average Bonchev–Trinajstić information content (AvgIpc) is 2.83. The molecule has 1 atom stereocenters.